The summed E-state index contributed by atoms with van der Waals surface area (Å²) in [4.78, 5) is 17.7. The number of hydrogen-bond acceptors (Lipinski definition) is 3. The highest BCUT2D eigenvalue weighted by Crippen LogP contribution is 2.27. The third kappa shape index (κ3) is 4.22. The molecule has 1 N–H and O–H groups in total. The summed E-state index contributed by atoms with van der Waals surface area (Å²) >= 11 is 7.72. The minimum Gasteiger partial charge on any atom is -0.302 e. The van der Waals surface area contributed by atoms with Gasteiger partial charge in [-0.2, -0.15) is 0 Å². The summed E-state index contributed by atoms with van der Waals surface area (Å²) in [7, 11) is 0. The first-order chi connectivity index (χ1) is 11.6. The third-order valence-electron chi connectivity index (χ3n) is 3.66. The van der Waals surface area contributed by atoms with Gasteiger partial charge in [-0.3, -0.25) is 4.79 Å². The average molecular weight is 357 g/mol. The number of aromatic nitrogens is 1. The van der Waals surface area contributed by atoms with Gasteiger partial charge in [0.2, 0.25) is 5.91 Å². The number of carbonyl (C=O) groups is 1. The molecule has 0 saturated carbocycles. The topological polar surface area (TPSA) is 42.0 Å². The van der Waals surface area contributed by atoms with Crippen molar-refractivity contribution < 1.29 is 4.79 Å². The maximum atomic E-state index is 12.1. The van der Waals surface area contributed by atoms with E-state index >= 15 is 0 Å². The van der Waals surface area contributed by atoms with E-state index < -0.39 is 0 Å². The number of carbonyl (C=O) groups excluding carboxylic acids is 1. The molecule has 0 spiro atoms. The molecule has 0 unspecified atom stereocenters. The zero-order valence-electron chi connectivity index (χ0n) is 13.3. The van der Waals surface area contributed by atoms with Crippen LogP contribution in [0.15, 0.2) is 54.6 Å². The predicted molar refractivity (Wildman–Crippen MR) is 99.9 cm³/mol. The summed E-state index contributed by atoms with van der Waals surface area (Å²) in [6, 6.07) is 17.5. The van der Waals surface area contributed by atoms with Crippen LogP contribution in [0.5, 0.6) is 0 Å². The van der Waals surface area contributed by atoms with E-state index in [4.69, 9.17) is 11.6 Å². The van der Waals surface area contributed by atoms with E-state index in [0.29, 0.717) is 11.6 Å². The SMILES string of the molecule is Cc1nc(NC(=O)Cc2ccccc2)sc1Cc1ccccc1Cl. The molecule has 0 aliphatic carbocycles. The minimum atomic E-state index is -0.0563. The van der Waals surface area contributed by atoms with Crippen molar-refractivity contribution in [3.8, 4) is 0 Å². The Morgan fingerprint density at radius 2 is 1.83 bits per heavy atom. The lowest BCUT2D eigenvalue weighted by atomic mass is 10.1. The lowest BCUT2D eigenvalue weighted by Gasteiger charge is -2.02. The first-order valence-corrected chi connectivity index (χ1v) is 8.85. The second-order valence-corrected chi connectivity index (χ2v) is 7.00. The van der Waals surface area contributed by atoms with Crippen molar-refractivity contribution in [2.45, 2.75) is 19.8 Å². The fraction of sp³-hybridized carbons (Fsp3) is 0.158. The van der Waals surface area contributed by atoms with Gasteiger partial charge in [-0.15, -0.1) is 11.3 Å². The van der Waals surface area contributed by atoms with Crippen LogP contribution in [0.1, 0.15) is 21.7 Å². The number of anilines is 1. The van der Waals surface area contributed by atoms with Crippen molar-refractivity contribution in [2.75, 3.05) is 5.32 Å². The van der Waals surface area contributed by atoms with Gasteiger partial charge in [0.15, 0.2) is 5.13 Å². The summed E-state index contributed by atoms with van der Waals surface area (Å²) < 4.78 is 0. The van der Waals surface area contributed by atoms with Gasteiger partial charge in [-0.05, 0) is 24.1 Å². The highest BCUT2D eigenvalue weighted by atomic mass is 35.5. The van der Waals surface area contributed by atoms with Crippen LogP contribution in [0, 0.1) is 6.92 Å². The van der Waals surface area contributed by atoms with E-state index in [-0.39, 0.29) is 5.91 Å². The Hall–Kier alpha value is -2.17. The molecule has 3 nitrogen and oxygen atoms in total. The highest BCUT2D eigenvalue weighted by molar-refractivity contribution is 7.15. The smallest absolute Gasteiger partial charge is 0.230 e. The van der Waals surface area contributed by atoms with Gasteiger partial charge in [0.25, 0.3) is 0 Å². The maximum absolute atomic E-state index is 12.1. The third-order valence-corrected chi connectivity index (χ3v) is 5.10. The number of amides is 1. The molecule has 0 atom stereocenters. The number of thiazole rings is 1. The zero-order chi connectivity index (χ0) is 16.9. The van der Waals surface area contributed by atoms with Crippen molar-refractivity contribution in [2.24, 2.45) is 0 Å². The summed E-state index contributed by atoms with van der Waals surface area (Å²) in [5.74, 6) is -0.0563. The van der Waals surface area contributed by atoms with E-state index in [9.17, 15) is 4.79 Å². The number of nitrogens with one attached hydrogen (secondary N) is 1. The standard InChI is InChI=1S/C19H17ClN2OS/c1-13-17(12-15-9-5-6-10-16(15)20)24-19(21-13)22-18(23)11-14-7-3-2-4-8-14/h2-10H,11-12H2,1H3,(H,21,22,23). The van der Waals surface area contributed by atoms with Crippen molar-refractivity contribution in [1.82, 2.24) is 4.98 Å². The summed E-state index contributed by atoms with van der Waals surface area (Å²) in [6.07, 6.45) is 1.07. The molecule has 24 heavy (non-hydrogen) atoms. The lowest BCUT2D eigenvalue weighted by molar-refractivity contribution is -0.115. The molecule has 122 valence electrons. The zero-order valence-corrected chi connectivity index (χ0v) is 14.8. The molecule has 3 aromatic rings. The molecular formula is C19H17ClN2OS. The predicted octanol–water partition coefficient (Wildman–Crippen LogP) is 4.88. The fourth-order valence-electron chi connectivity index (χ4n) is 2.40. The van der Waals surface area contributed by atoms with Gasteiger partial charge < -0.3 is 5.32 Å². The Labute approximate surface area is 150 Å². The number of aryl methyl sites for hydroxylation is 1. The van der Waals surface area contributed by atoms with E-state index in [1.165, 1.54) is 11.3 Å². The maximum Gasteiger partial charge on any atom is 0.230 e. The largest absolute Gasteiger partial charge is 0.302 e. The second kappa shape index (κ2) is 7.60. The van der Waals surface area contributed by atoms with Crippen LogP contribution >= 0.6 is 22.9 Å². The number of halogens is 1. The number of nitrogens with zero attached hydrogens (tertiary/aromatic N) is 1. The Bertz CT molecular complexity index is 846. The first kappa shape index (κ1) is 16.7. The Balaban J connectivity index is 1.68. The quantitative estimate of drug-likeness (QED) is 0.708. The molecule has 0 saturated heterocycles. The van der Waals surface area contributed by atoms with Crippen LogP contribution in [0.25, 0.3) is 0 Å². The molecule has 0 fully saturated rings. The Kier molecular flexibility index (Phi) is 5.28. The number of benzene rings is 2. The van der Waals surface area contributed by atoms with Crippen LogP contribution in [0.4, 0.5) is 5.13 Å². The number of hydrogen-bond donors (Lipinski definition) is 1. The lowest BCUT2D eigenvalue weighted by Crippen LogP contribution is -2.14. The molecule has 0 aliphatic rings. The Morgan fingerprint density at radius 3 is 2.58 bits per heavy atom. The average Bonchev–Trinajstić information content (AvgIpc) is 2.90. The molecular weight excluding hydrogens is 340 g/mol. The van der Waals surface area contributed by atoms with E-state index in [0.717, 1.165) is 33.1 Å². The number of rotatable bonds is 5. The molecule has 1 amide bonds. The monoisotopic (exact) mass is 356 g/mol. The molecule has 0 radical (unpaired) electrons. The molecule has 5 heteroatoms. The van der Waals surface area contributed by atoms with Crippen molar-refractivity contribution in [3.05, 3.63) is 81.3 Å². The van der Waals surface area contributed by atoms with Gasteiger partial charge in [-0.25, -0.2) is 4.98 Å². The molecule has 2 aromatic carbocycles. The van der Waals surface area contributed by atoms with Crippen LogP contribution < -0.4 is 5.32 Å². The molecule has 0 bridgehead atoms. The van der Waals surface area contributed by atoms with Gasteiger partial charge >= 0.3 is 0 Å². The van der Waals surface area contributed by atoms with Gasteiger partial charge in [0, 0.05) is 16.3 Å². The van der Waals surface area contributed by atoms with Gasteiger partial charge in [0.05, 0.1) is 12.1 Å². The van der Waals surface area contributed by atoms with Crippen LogP contribution in [-0.4, -0.2) is 10.9 Å². The normalized spacial score (nSPS) is 10.6. The van der Waals surface area contributed by atoms with Crippen LogP contribution in [0.2, 0.25) is 5.02 Å². The molecule has 1 aromatic heterocycles. The first-order valence-electron chi connectivity index (χ1n) is 7.65. The van der Waals surface area contributed by atoms with Gasteiger partial charge in [-0.1, -0.05) is 60.1 Å². The van der Waals surface area contributed by atoms with Gasteiger partial charge in [0.1, 0.15) is 0 Å². The van der Waals surface area contributed by atoms with Crippen LogP contribution in [-0.2, 0) is 17.6 Å². The van der Waals surface area contributed by atoms with Crippen LogP contribution in [0.3, 0.4) is 0 Å². The minimum absolute atomic E-state index is 0.0563. The second-order valence-electron chi connectivity index (χ2n) is 5.51. The van der Waals surface area contributed by atoms with Crippen molar-refractivity contribution in [1.29, 1.82) is 0 Å². The summed E-state index contributed by atoms with van der Waals surface area (Å²) in [6.45, 7) is 1.95. The van der Waals surface area contributed by atoms with E-state index in [1.807, 2.05) is 61.5 Å². The molecule has 0 aliphatic heterocycles. The summed E-state index contributed by atoms with van der Waals surface area (Å²) in [5, 5.41) is 4.27. The Morgan fingerprint density at radius 1 is 1.12 bits per heavy atom. The summed E-state index contributed by atoms with van der Waals surface area (Å²) in [5.41, 5.74) is 2.97. The van der Waals surface area contributed by atoms with E-state index in [2.05, 4.69) is 10.3 Å². The van der Waals surface area contributed by atoms with E-state index in [1.54, 1.807) is 0 Å². The molecule has 3 rings (SSSR count). The highest BCUT2D eigenvalue weighted by Gasteiger charge is 2.12. The van der Waals surface area contributed by atoms with Crippen molar-refractivity contribution in [3.63, 3.8) is 0 Å². The fourth-order valence-corrected chi connectivity index (χ4v) is 3.61. The molecule has 1 heterocycles. The van der Waals surface area contributed by atoms with Crippen molar-refractivity contribution >= 4 is 34.0 Å².